The van der Waals surface area contributed by atoms with Crippen molar-refractivity contribution < 1.29 is 9.90 Å². The van der Waals surface area contributed by atoms with Crippen LogP contribution in [0.4, 0.5) is 5.69 Å². The van der Waals surface area contributed by atoms with Crippen molar-refractivity contribution in [3.8, 4) is 0 Å². The topological polar surface area (TPSA) is 61.4 Å². The van der Waals surface area contributed by atoms with E-state index in [4.69, 9.17) is 0 Å². The Labute approximate surface area is 113 Å². The van der Waals surface area contributed by atoms with Gasteiger partial charge in [-0.15, -0.1) is 0 Å². The molecule has 1 aromatic rings. The van der Waals surface area contributed by atoms with Crippen LogP contribution in [0.3, 0.4) is 0 Å². The Morgan fingerprint density at radius 3 is 2.89 bits per heavy atom. The summed E-state index contributed by atoms with van der Waals surface area (Å²) in [5.41, 5.74) is 1.51. The fourth-order valence-corrected chi connectivity index (χ4v) is 2.78. The molecule has 1 amide bonds. The minimum absolute atomic E-state index is 0.00729. The largest absolute Gasteiger partial charge is 0.389 e. The lowest BCUT2D eigenvalue weighted by atomic mass is 9.80. The quantitative estimate of drug-likeness (QED) is 0.771. The summed E-state index contributed by atoms with van der Waals surface area (Å²) in [5, 5.41) is 16.3. The third-order valence-electron chi connectivity index (χ3n) is 4.26. The third-order valence-corrected chi connectivity index (χ3v) is 4.26. The van der Waals surface area contributed by atoms with Crippen LogP contribution in [0.1, 0.15) is 31.2 Å². The number of aryl methyl sites for hydroxylation is 1. The van der Waals surface area contributed by atoms with Crippen LogP contribution in [-0.2, 0) is 11.2 Å². The van der Waals surface area contributed by atoms with E-state index < -0.39 is 5.60 Å². The zero-order chi connectivity index (χ0) is 13.3. The van der Waals surface area contributed by atoms with Crippen molar-refractivity contribution in [3.05, 3.63) is 29.8 Å². The van der Waals surface area contributed by atoms with Crippen LogP contribution in [-0.4, -0.2) is 29.2 Å². The molecular formula is C15H20N2O2. The standard InChI is InChI=1S/C15H20N2O2/c18-14-13(16-10-15(19)8-3-9-15)7-6-11-4-1-2-5-12(11)17-14/h1-2,4-5,13,16,19H,3,6-10H2,(H,17,18). The van der Waals surface area contributed by atoms with Crippen molar-refractivity contribution in [2.75, 3.05) is 11.9 Å². The van der Waals surface area contributed by atoms with Crippen LogP contribution in [0.15, 0.2) is 24.3 Å². The number of aliphatic hydroxyl groups is 1. The average Bonchev–Trinajstić information content (AvgIpc) is 2.53. The van der Waals surface area contributed by atoms with Gasteiger partial charge in [0.15, 0.2) is 0 Å². The Balaban J connectivity index is 1.64. The highest BCUT2D eigenvalue weighted by molar-refractivity contribution is 5.96. The molecule has 1 heterocycles. The maximum Gasteiger partial charge on any atom is 0.241 e. The van der Waals surface area contributed by atoms with E-state index >= 15 is 0 Å². The van der Waals surface area contributed by atoms with Crippen molar-refractivity contribution in [1.29, 1.82) is 0 Å². The number of rotatable bonds is 3. The van der Waals surface area contributed by atoms with Crippen LogP contribution in [0, 0.1) is 0 Å². The van der Waals surface area contributed by atoms with Crippen LogP contribution >= 0.6 is 0 Å². The van der Waals surface area contributed by atoms with Crippen molar-refractivity contribution in [3.63, 3.8) is 0 Å². The molecule has 0 bridgehead atoms. The highest BCUT2D eigenvalue weighted by atomic mass is 16.3. The van der Waals surface area contributed by atoms with Gasteiger partial charge in [0, 0.05) is 12.2 Å². The first kappa shape index (κ1) is 12.6. The molecule has 0 saturated heterocycles. The number of para-hydroxylation sites is 1. The SMILES string of the molecule is O=C1Nc2ccccc2CCC1NCC1(O)CCC1. The molecule has 1 aliphatic heterocycles. The number of anilines is 1. The smallest absolute Gasteiger partial charge is 0.241 e. The maximum atomic E-state index is 12.1. The molecule has 1 aromatic carbocycles. The van der Waals surface area contributed by atoms with E-state index in [0.29, 0.717) is 6.54 Å². The first-order valence-corrected chi connectivity index (χ1v) is 7.01. The Morgan fingerprint density at radius 2 is 2.16 bits per heavy atom. The van der Waals surface area contributed by atoms with Gasteiger partial charge in [0.2, 0.25) is 5.91 Å². The zero-order valence-corrected chi connectivity index (χ0v) is 11.0. The Morgan fingerprint density at radius 1 is 1.37 bits per heavy atom. The highest BCUT2D eigenvalue weighted by Gasteiger charge is 2.35. The van der Waals surface area contributed by atoms with Gasteiger partial charge in [-0.1, -0.05) is 18.2 Å². The summed E-state index contributed by atoms with van der Waals surface area (Å²) in [6.45, 7) is 0.515. The van der Waals surface area contributed by atoms with Gasteiger partial charge in [-0.05, 0) is 43.7 Å². The predicted octanol–water partition coefficient (Wildman–Crippen LogP) is 1.44. The fourth-order valence-electron chi connectivity index (χ4n) is 2.78. The second-order valence-electron chi connectivity index (χ2n) is 5.70. The van der Waals surface area contributed by atoms with E-state index in [0.717, 1.165) is 37.8 Å². The molecule has 3 rings (SSSR count). The Kier molecular flexibility index (Phi) is 3.29. The fraction of sp³-hybridized carbons (Fsp3) is 0.533. The van der Waals surface area contributed by atoms with Crippen molar-refractivity contribution in [2.24, 2.45) is 0 Å². The lowest BCUT2D eigenvalue weighted by Gasteiger charge is -2.37. The highest BCUT2D eigenvalue weighted by Crippen LogP contribution is 2.31. The first-order chi connectivity index (χ1) is 9.16. The number of nitrogens with one attached hydrogen (secondary N) is 2. The summed E-state index contributed by atoms with van der Waals surface area (Å²) in [5.74, 6) is 0.00729. The van der Waals surface area contributed by atoms with Gasteiger partial charge >= 0.3 is 0 Å². The van der Waals surface area contributed by atoms with E-state index in [1.54, 1.807) is 0 Å². The lowest BCUT2D eigenvalue weighted by Crippen LogP contribution is -2.51. The molecule has 1 fully saturated rings. The molecule has 4 nitrogen and oxygen atoms in total. The van der Waals surface area contributed by atoms with Gasteiger partial charge in [-0.25, -0.2) is 0 Å². The third kappa shape index (κ3) is 2.65. The van der Waals surface area contributed by atoms with E-state index in [-0.39, 0.29) is 11.9 Å². The van der Waals surface area contributed by atoms with Crippen molar-refractivity contribution >= 4 is 11.6 Å². The Hall–Kier alpha value is -1.39. The van der Waals surface area contributed by atoms with Gasteiger partial charge in [0.25, 0.3) is 0 Å². The van der Waals surface area contributed by atoms with Gasteiger partial charge in [-0.2, -0.15) is 0 Å². The number of hydrogen-bond acceptors (Lipinski definition) is 3. The molecule has 2 aliphatic rings. The molecule has 4 heteroatoms. The summed E-state index contributed by atoms with van der Waals surface area (Å²) >= 11 is 0. The van der Waals surface area contributed by atoms with Crippen LogP contribution in [0.5, 0.6) is 0 Å². The summed E-state index contributed by atoms with van der Waals surface area (Å²) in [6.07, 6.45) is 4.42. The molecule has 0 spiro atoms. The van der Waals surface area contributed by atoms with Crippen LogP contribution in [0.25, 0.3) is 0 Å². The van der Waals surface area contributed by atoms with E-state index in [9.17, 15) is 9.90 Å². The first-order valence-electron chi connectivity index (χ1n) is 7.01. The summed E-state index contributed by atoms with van der Waals surface area (Å²) in [6, 6.07) is 7.71. The van der Waals surface area contributed by atoms with Crippen molar-refractivity contribution in [1.82, 2.24) is 5.32 Å². The molecule has 102 valence electrons. The average molecular weight is 260 g/mol. The minimum Gasteiger partial charge on any atom is -0.389 e. The molecule has 1 atom stereocenters. The van der Waals surface area contributed by atoms with E-state index in [1.165, 1.54) is 5.56 Å². The molecule has 1 unspecified atom stereocenters. The normalized spacial score (nSPS) is 24.9. The summed E-state index contributed by atoms with van der Waals surface area (Å²) in [4.78, 5) is 12.1. The van der Waals surface area contributed by atoms with Crippen LogP contribution < -0.4 is 10.6 Å². The van der Waals surface area contributed by atoms with E-state index in [2.05, 4.69) is 16.7 Å². The lowest BCUT2D eigenvalue weighted by molar-refractivity contribution is -0.118. The minimum atomic E-state index is -0.584. The predicted molar refractivity (Wildman–Crippen MR) is 74.0 cm³/mol. The number of fused-ring (bicyclic) bond motifs is 1. The molecular weight excluding hydrogens is 240 g/mol. The number of hydrogen-bond donors (Lipinski definition) is 3. The number of carbonyl (C=O) groups excluding carboxylic acids is 1. The second kappa shape index (κ2) is 4.94. The van der Waals surface area contributed by atoms with Gasteiger partial charge < -0.3 is 15.7 Å². The Bertz CT molecular complexity index is 483. The summed E-state index contributed by atoms with van der Waals surface area (Å²) in [7, 11) is 0. The monoisotopic (exact) mass is 260 g/mol. The van der Waals surface area contributed by atoms with Crippen LogP contribution in [0.2, 0.25) is 0 Å². The molecule has 0 aromatic heterocycles. The number of carbonyl (C=O) groups is 1. The summed E-state index contributed by atoms with van der Waals surface area (Å²) < 4.78 is 0. The molecule has 0 radical (unpaired) electrons. The van der Waals surface area contributed by atoms with E-state index in [1.807, 2.05) is 18.2 Å². The number of amides is 1. The molecule has 1 aliphatic carbocycles. The van der Waals surface area contributed by atoms with Gasteiger partial charge in [0.1, 0.15) is 0 Å². The molecule has 3 N–H and O–H groups in total. The number of benzene rings is 1. The van der Waals surface area contributed by atoms with Gasteiger partial charge in [0.05, 0.1) is 11.6 Å². The zero-order valence-electron chi connectivity index (χ0n) is 11.0. The second-order valence-corrected chi connectivity index (χ2v) is 5.70. The maximum absolute atomic E-state index is 12.1. The van der Waals surface area contributed by atoms with Gasteiger partial charge in [-0.3, -0.25) is 4.79 Å². The molecule has 19 heavy (non-hydrogen) atoms. The van der Waals surface area contributed by atoms with Crippen molar-refractivity contribution in [2.45, 2.75) is 43.7 Å². The molecule has 1 saturated carbocycles.